The van der Waals surface area contributed by atoms with E-state index >= 15 is 0 Å². The highest BCUT2D eigenvalue weighted by molar-refractivity contribution is 5.81. The van der Waals surface area contributed by atoms with Gasteiger partial charge in [-0.3, -0.25) is 0 Å². The fraction of sp³-hybridized carbons (Fsp3) is 0.364. The highest BCUT2D eigenvalue weighted by atomic mass is 16.5. The number of nitriles is 1. The van der Waals surface area contributed by atoms with Gasteiger partial charge in [-0.1, -0.05) is 19.6 Å². The molecule has 88 valence electrons. The molecule has 0 aromatic rings. The van der Waals surface area contributed by atoms with E-state index in [1.807, 2.05) is 6.07 Å². The van der Waals surface area contributed by atoms with Crippen LogP contribution in [0.2, 0.25) is 0 Å². The van der Waals surface area contributed by atoms with Crippen molar-refractivity contribution in [2.75, 3.05) is 0 Å². The van der Waals surface area contributed by atoms with Gasteiger partial charge in [-0.05, 0) is 13.3 Å². The Labute approximate surface area is 94.6 Å². The Morgan fingerprint density at radius 3 is 2.38 bits per heavy atom. The number of aliphatic carboxylic acids is 1. The number of allylic oxidation sites excluding steroid dienone is 1. The maximum atomic E-state index is 10.4. The zero-order chi connectivity index (χ0) is 13.0. The minimum Gasteiger partial charge on any atom is -0.478 e. The first-order chi connectivity index (χ1) is 7.51. The van der Waals surface area contributed by atoms with Gasteiger partial charge < -0.3 is 9.84 Å². The molecule has 1 atom stereocenters. The SMILES string of the molecule is C=CC(=O)OC(C#N)CC.CC=CC(=O)O. The second-order valence-corrected chi connectivity index (χ2v) is 2.51. The van der Waals surface area contributed by atoms with E-state index in [4.69, 9.17) is 10.4 Å². The molecule has 0 rings (SSSR count). The predicted octanol–water partition coefficient (Wildman–Crippen LogP) is 1.66. The molecule has 0 amide bonds. The summed E-state index contributed by atoms with van der Waals surface area (Å²) >= 11 is 0. The van der Waals surface area contributed by atoms with Crippen LogP contribution in [-0.2, 0) is 14.3 Å². The third-order valence-electron chi connectivity index (χ3n) is 1.25. The molecule has 1 N–H and O–H groups in total. The van der Waals surface area contributed by atoms with Crippen LogP contribution in [0.1, 0.15) is 20.3 Å². The molecule has 0 aliphatic carbocycles. The molecule has 0 aromatic carbocycles. The first-order valence-corrected chi connectivity index (χ1v) is 4.60. The number of rotatable bonds is 4. The number of nitrogens with zero attached hydrogens (tertiary/aromatic N) is 1. The average Bonchev–Trinajstić information content (AvgIpc) is 2.26. The Kier molecular flexibility index (Phi) is 11.2. The summed E-state index contributed by atoms with van der Waals surface area (Å²) in [5, 5.41) is 16.1. The molecular weight excluding hydrogens is 210 g/mol. The number of carboxylic acids is 1. The lowest BCUT2D eigenvalue weighted by Gasteiger charge is -2.04. The average molecular weight is 225 g/mol. The van der Waals surface area contributed by atoms with Crippen molar-refractivity contribution in [2.45, 2.75) is 26.4 Å². The number of carboxylic acid groups (broad SMARTS) is 1. The summed E-state index contributed by atoms with van der Waals surface area (Å²) in [7, 11) is 0. The quantitative estimate of drug-likeness (QED) is 0.580. The van der Waals surface area contributed by atoms with E-state index in [1.54, 1.807) is 13.8 Å². The largest absolute Gasteiger partial charge is 0.478 e. The molecule has 0 saturated carbocycles. The lowest BCUT2D eigenvalue weighted by molar-refractivity contribution is -0.140. The van der Waals surface area contributed by atoms with Crippen LogP contribution in [0, 0.1) is 11.3 Å². The summed E-state index contributed by atoms with van der Waals surface area (Å²) in [5.41, 5.74) is 0. The molecule has 16 heavy (non-hydrogen) atoms. The van der Waals surface area contributed by atoms with Crippen LogP contribution in [0.25, 0.3) is 0 Å². The van der Waals surface area contributed by atoms with E-state index < -0.39 is 18.0 Å². The molecule has 0 aromatic heterocycles. The molecule has 1 unspecified atom stereocenters. The van der Waals surface area contributed by atoms with Crippen molar-refractivity contribution in [3.63, 3.8) is 0 Å². The van der Waals surface area contributed by atoms with Crippen LogP contribution in [0.3, 0.4) is 0 Å². The van der Waals surface area contributed by atoms with Crippen molar-refractivity contribution in [3.05, 3.63) is 24.8 Å². The normalized spacial score (nSPS) is 10.6. The van der Waals surface area contributed by atoms with Gasteiger partial charge in [0.05, 0.1) is 0 Å². The second kappa shape index (κ2) is 11.0. The van der Waals surface area contributed by atoms with Crippen molar-refractivity contribution < 1.29 is 19.4 Å². The minimum absolute atomic E-state index is 0.510. The number of carbonyl (C=O) groups is 2. The minimum atomic E-state index is -0.891. The summed E-state index contributed by atoms with van der Waals surface area (Å²) < 4.78 is 4.58. The Balaban J connectivity index is 0. The van der Waals surface area contributed by atoms with Crippen molar-refractivity contribution >= 4 is 11.9 Å². The molecule has 0 bridgehead atoms. The highest BCUT2D eigenvalue weighted by Crippen LogP contribution is 1.95. The summed E-state index contributed by atoms with van der Waals surface area (Å²) in [5.74, 6) is -1.44. The number of ether oxygens (including phenoxy) is 1. The maximum absolute atomic E-state index is 10.4. The number of hydrogen-bond donors (Lipinski definition) is 1. The van der Waals surface area contributed by atoms with E-state index in [1.165, 1.54) is 6.08 Å². The Morgan fingerprint density at radius 2 is 2.19 bits per heavy atom. The van der Waals surface area contributed by atoms with Crippen LogP contribution in [0.5, 0.6) is 0 Å². The molecule has 0 aliphatic rings. The molecule has 0 spiro atoms. The van der Waals surface area contributed by atoms with Crippen molar-refractivity contribution in [3.8, 4) is 6.07 Å². The predicted molar refractivity (Wildman–Crippen MR) is 58.4 cm³/mol. The van der Waals surface area contributed by atoms with Gasteiger partial charge >= 0.3 is 11.9 Å². The van der Waals surface area contributed by atoms with Gasteiger partial charge in [0.1, 0.15) is 6.07 Å². The molecular formula is C11H15NO4. The number of hydrogen-bond acceptors (Lipinski definition) is 4. The van der Waals surface area contributed by atoms with Crippen molar-refractivity contribution in [2.24, 2.45) is 0 Å². The van der Waals surface area contributed by atoms with Gasteiger partial charge in [0.2, 0.25) is 0 Å². The summed E-state index contributed by atoms with van der Waals surface area (Å²) in [6, 6.07) is 1.83. The molecule has 0 radical (unpaired) electrons. The zero-order valence-corrected chi connectivity index (χ0v) is 9.34. The lowest BCUT2D eigenvalue weighted by Crippen LogP contribution is -2.12. The van der Waals surface area contributed by atoms with Gasteiger partial charge in [-0.2, -0.15) is 5.26 Å². The van der Waals surface area contributed by atoms with Crippen LogP contribution >= 0.6 is 0 Å². The monoisotopic (exact) mass is 225 g/mol. The van der Waals surface area contributed by atoms with Crippen LogP contribution in [0.4, 0.5) is 0 Å². The standard InChI is InChI=1S/C7H9NO2.C4H6O2/c1-3-6(5-8)10-7(9)4-2;1-2-3-4(5)6/h4,6H,2-3H2,1H3;2-3H,1H3,(H,5,6). The molecule has 0 aliphatic heterocycles. The van der Waals surface area contributed by atoms with Crippen LogP contribution < -0.4 is 0 Å². The summed E-state index contributed by atoms with van der Waals surface area (Å²) in [6.45, 7) is 6.63. The van der Waals surface area contributed by atoms with Gasteiger partial charge in [-0.25, -0.2) is 9.59 Å². The van der Waals surface area contributed by atoms with Gasteiger partial charge in [0.15, 0.2) is 6.10 Å². The van der Waals surface area contributed by atoms with E-state index in [2.05, 4.69) is 11.3 Å². The number of esters is 1. The first-order valence-electron chi connectivity index (χ1n) is 4.60. The highest BCUT2D eigenvalue weighted by Gasteiger charge is 2.06. The zero-order valence-electron chi connectivity index (χ0n) is 9.34. The summed E-state index contributed by atoms with van der Waals surface area (Å²) in [4.78, 5) is 20.0. The van der Waals surface area contributed by atoms with Crippen LogP contribution in [0.15, 0.2) is 24.8 Å². The maximum Gasteiger partial charge on any atom is 0.331 e. The van der Waals surface area contributed by atoms with Gasteiger partial charge in [-0.15, -0.1) is 0 Å². The van der Waals surface area contributed by atoms with Crippen LogP contribution in [-0.4, -0.2) is 23.1 Å². The Bertz CT molecular complexity index is 302. The lowest BCUT2D eigenvalue weighted by atomic mass is 10.3. The molecule has 0 saturated heterocycles. The van der Waals surface area contributed by atoms with Gasteiger partial charge in [0, 0.05) is 12.2 Å². The molecule has 5 nitrogen and oxygen atoms in total. The van der Waals surface area contributed by atoms with E-state index in [-0.39, 0.29) is 0 Å². The summed E-state index contributed by atoms with van der Waals surface area (Å²) in [6.07, 6.45) is 3.48. The van der Waals surface area contributed by atoms with E-state index in [0.29, 0.717) is 6.42 Å². The second-order valence-electron chi connectivity index (χ2n) is 2.51. The molecule has 0 heterocycles. The molecule has 5 heteroatoms. The third kappa shape index (κ3) is 11.9. The van der Waals surface area contributed by atoms with E-state index in [0.717, 1.165) is 12.2 Å². The van der Waals surface area contributed by atoms with Gasteiger partial charge in [0.25, 0.3) is 0 Å². The fourth-order valence-corrected chi connectivity index (χ4v) is 0.532. The third-order valence-corrected chi connectivity index (χ3v) is 1.25. The number of carbonyl (C=O) groups excluding carboxylic acids is 1. The molecule has 0 fully saturated rings. The topological polar surface area (TPSA) is 87.4 Å². The van der Waals surface area contributed by atoms with E-state index in [9.17, 15) is 9.59 Å². The van der Waals surface area contributed by atoms with Crippen molar-refractivity contribution in [1.82, 2.24) is 0 Å². The first kappa shape index (κ1) is 16.3. The Hall–Kier alpha value is -2.09. The smallest absolute Gasteiger partial charge is 0.331 e. The van der Waals surface area contributed by atoms with Crippen molar-refractivity contribution in [1.29, 1.82) is 5.26 Å². The fourth-order valence-electron chi connectivity index (χ4n) is 0.532. The Morgan fingerprint density at radius 1 is 1.62 bits per heavy atom.